The summed E-state index contributed by atoms with van der Waals surface area (Å²) in [6.45, 7) is 9.08. The first-order valence-corrected chi connectivity index (χ1v) is 6.54. The first-order valence-electron chi connectivity index (χ1n) is 6.54. The molecule has 2 aliphatic rings. The second-order valence-corrected chi connectivity index (χ2v) is 5.31. The van der Waals surface area contributed by atoms with Gasteiger partial charge in [0.25, 0.3) is 0 Å². The van der Waals surface area contributed by atoms with Crippen molar-refractivity contribution in [2.24, 2.45) is 0 Å². The first-order chi connectivity index (χ1) is 8.08. The highest BCUT2D eigenvalue weighted by Gasteiger charge is 2.32. The van der Waals surface area contributed by atoms with Gasteiger partial charge in [0.2, 0.25) is 0 Å². The van der Waals surface area contributed by atoms with E-state index in [4.69, 9.17) is 0 Å². The van der Waals surface area contributed by atoms with Crippen molar-refractivity contribution in [1.82, 2.24) is 14.7 Å². The Morgan fingerprint density at radius 2 is 1.82 bits per heavy atom. The molecule has 0 saturated carbocycles. The minimum absolute atomic E-state index is 0.0981. The van der Waals surface area contributed by atoms with Crippen molar-refractivity contribution in [2.45, 2.75) is 32.4 Å². The molecule has 0 bridgehead atoms. The van der Waals surface area contributed by atoms with Crippen LogP contribution in [0, 0.1) is 0 Å². The molecule has 0 atom stereocenters. The third-order valence-electron chi connectivity index (χ3n) is 3.66. The van der Waals surface area contributed by atoms with E-state index in [-0.39, 0.29) is 12.1 Å². The summed E-state index contributed by atoms with van der Waals surface area (Å²) in [6, 6.07) is 0.650. The van der Waals surface area contributed by atoms with Gasteiger partial charge in [0.05, 0.1) is 19.2 Å². The molecule has 2 heterocycles. The number of likely N-dealkylation sites (tertiary alicyclic amines) is 1. The summed E-state index contributed by atoms with van der Waals surface area (Å²) in [5, 5.41) is 9.22. The van der Waals surface area contributed by atoms with Gasteiger partial charge < -0.3 is 14.9 Å². The molecule has 17 heavy (non-hydrogen) atoms. The molecule has 0 aromatic rings. The van der Waals surface area contributed by atoms with Crippen LogP contribution >= 0.6 is 0 Å². The van der Waals surface area contributed by atoms with E-state index in [2.05, 4.69) is 18.7 Å². The minimum Gasteiger partial charge on any atom is -0.389 e. The lowest BCUT2D eigenvalue weighted by Gasteiger charge is -2.39. The van der Waals surface area contributed by atoms with E-state index in [0.717, 1.165) is 32.6 Å². The Labute approximate surface area is 103 Å². The van der Waals surface area contributed by atoms with Crippen LogP contribution in [0.15, 0.2) is 0 Å². The summed E-state index contributed by atoms with van der Waals surface area (Å²) in [5.41, 5.74) is 0. The molecule has 2 rings (SSSR count). The van der Waals surface area contributed by atoms with Crippen molar-refractivity contribution in [2.75, 3.05) is 39.3 Å². The number of urea groups is 1. The van der Waals surface area contributed by atoms with Crippen LogP contribution in [-0.4, -0.2) is 77.3 Å². The zero-order chi connectivity index (χ0) is 12.4. The number of carbonyl (C=O) groups is 1. The molecule has 0 aliphatic carbocycles. The maximum Gasteiger partial charge on any atom is 0.320 e. The van der Waals surface area contributed by atoms with Crippen LogP contribution in [0.5, 0.6) is 0 Å². The van der Waals surface area contributed by atoms with Crippen molar-refractivity contribution in [3.05, 3.63) is 0 Å². The largest absolute Gasteiger partial charge is 0.389 e. The molecule has 0 radical (unpaired) electrons. The first kappa shape index (κ1) is 12.6. The molecule has 5 nitrogen and oxygen atoms in total. The van der Waals surface area contributed by atoms with Crippen LogP contribution in [0.4, 0.5) is 4.79 Å². The fourth-order valence-electron chi connectivity index (χ4n) is 2.46. The number of β-amino-alcohol motifs (C(OH)–C–C–N with tert-alkyl or cyclic N) is 1. The summed E-state index contributed by atoms with van der Waals surface area (Å²) in [6.07, 6.45) is 0.735. The van der Waals surface area contributed by atoms with Gasteiger partial charge in [-0.3, -0.25) is 4.90 Å². The van der Waals surface area contributed by atoms with Gasteiger partial charge in [0, 0.05) is 32.2 Å². The average Bonchev–Trinajstić information content (AvgIpc) is 2.49. The molecular formula is C12H23N3O2. The van der Waals surface area contributed by atoms with Gasteiger partial charge in [-0.2, -0.15) is 0 Å². The van der Waals surface area contributed by atoms with E-state index in [1.807, 2.05) is 4.90 Å². The van der Waals surface area contributed by atoms with Crippen molar-refractivity contribution >= 4 is 6.03 Å². The molecular weight excluding hydrogens is 218 g/mol. The number of amides is 2. The Morgan fingerprint density at radius 1 is 1.12 bits per heavy atom. The zero-order valence-corrected chi connectivity index (χ0v) is 10.8. The molecule has 1 N–H and O–H groups in total. The van der Waals surface area contributed by atoms with Crippen molar-refractivity contribution < 1.29 is 9.90 Å². The second kappa shape index (κ2) is 5.23. The van der Waals surface area contributed by atoms with Crippen LogP contribution in [0.25, 0.3) is 0 Å². The van der Waals surface area contributed by atoms with Crippen molar-refractivity contribution in [1.29, 1.82) is 0 Å². The highest BCUT2D eigenvalue weighted by molar-refractivity contribution is 5.75. The molecule has 2 aliphatic heterocycles. The van der Waals surface area contributed by atoms with Crippen LogP contribution in [0.3, 0.4) is 0 Å². The topological polar surface area (TPSA) is 47.0 Å². The molecule has 2 saturated heterocycles. The lowest BCUT2D eigenvalue weighted by molar-refractivity contribution is 0.0153. The predicted molar refractivity (Wildman–Crippen MR) is 65.9 cm³/mol. The SMILES string of the molecule is CC(C)N1CCCN(C(=O)N2CC(O)C2)CC1. The van der Waals surface area contributed by atoms with Gasteiger partial charge in [-0.25, -0.2) is 4.79 Å². The van der Waals surface area contributed by atoms with Crippen LogP contribution < -0.4 is 0 Å². The van der Waals surface area contributed by atoms with Gasteiger partial charge in [-0.15, -0.1) is 0 Å². The molecule has 0 aromatic heterocycles. The lowest BCUT2D eigenvalue weighted by atomic mass is 10.2. The molecule has 0 unspecified atom stereocenters. The van der Waals surface area contributed by atoms with Gasteiger partial charge in [-0.1, -0.05) is 0 Å². The van der Waals surface area contributed by atoms with E-state index in [9.17, 15) is 9.90 Å². The normalized spacial score (nSPS) is 23.8. The summed E-state index contributed by atoms with van der Waals surface area (Å²) in [5.74, 6) is 0. The Kier molecular flexibility index (Phi) is 3.89. The molecule has 2 amide bonds. The van der Waals surface area contributed by atoms with E-state index in [1.165, 1.54) is 0 Å². The molecule has 98 valence electrons. The maximum absolute atomic E-state index is 12.1. The Bertz CT molecular complexity index is 277. The molecule has 5 heteroatoms. The number of aliphatic hydroxyl groups is 1. The summed E-state index contributed by atoms with van der Waals surface area (Å²) >= 11 is 0. The van der Waals surface area contributed by atoms with E-state index in [0.29, 0.717) is 19.1 Å². The standard InChI is InChI=1S/C12H23N3O2/c1-10(2)13-4-3-5-14(7-6-13)12(17)15-8-11(16)9-15/h10-11,16H,3-9H2,1-2H3. The Hall–Kier alpha value is -0.810. The molecule has 0 aromatic carbocycles. The quantitative estimate of drug-likeness (QED) is 0.713. The van der Waals surface area contributed by atoms with Crippen LogP contribution in [0.1, 0.15) is 20.3 Å². The molecule has 0 spiro atoms. The minimum atomic E-state index is -0.307. The van der Waals surface area contributed by atoms with Crippen molar-refractivity contribution in [3.63, 3.8) is 0 Å². The zero-order valence-electron chi connectivity index (χ0n) is 10.8. The Morgan fingerprint density at radius 3 is 2.41 bits per heavy atom. The van der Waals surface area contributed by atoms with Gasteiger partial charge in [0.15, 0.2) is 0 Å². The van der Waals surface area contributed by atoms with E-state index < -0.39 is 0 Å². The third kappa shape index (κ3) is 2.90. The number of rotatable bonds is 1. The van der Waals surface area contributed by atoms with Crippen molar-refractivity contribution in [3.8, 4) is 0 Å². The predicted octanol–water partition coefficient (Wildman–Crippen LogP) is 0.199. The van der Waals surface area contributed by atoms with Crippen LogP contribution in [0.2, 0.25) is 0 Å². The van der Waals surface area contributed by atoms with E-state index >= 15 is 0 Å². The monoisotopic (exact) mass is 241 g/mol. The lowest BCUT2D eigenvalue weighted by Crippen LogP contribution is -2.58. The Balaban J connectivity index is 1.84. The number of aliphatic hydroxyl groups excluding tert-OH is 1. The summed E-state index contributed by atoms with van der Waals surface area (Å²) in [4.78, 5) is 18.1. The van der Waals surface area contributed by atoms with Crippen LogP contribution in [-0.2, 0) is 0 Å². The fraction of sp³-hybridized carbons (Fsp3) is 0.917. The molecule has 2 fully saturated rings. The number of carbonyl (C=O) groups excluding carboxylic acids is 1. The fourth-order valence-corrected chi connectivity index (χ4v) is 2.46. The van der Waals surface area contributed by atoms with Gasteiger partial charge >= 0.3 is 6.03 Å². The van der Waals surface area contributed by atoms with E-state index in [1.54, 1.807) is 4.90 Å². The highest BCUT2D eigenvalue weighted by Crippen LogP contribution is 2.13. The number of hydrogen-bond donors (Lipinski definition) is 1. The summed E-state index contributed by atoms with van der Waals surface area (Å²) in [7, 11) is 0. The average molecular weight is 241 g/mol. The number of nitrogens with zero attached hydrogens (tertiary/aromatic N) is 3. The van der Waals surface area contributed by atoms with Gasteiger partial charge in [-0.05, 0) is 20.3 Å². The highest BCUT2D eigenvalue weighted by atomic mass is 16.3. The third-order valence-corrected chi connectivity index (χ3v) is 3.66. The summed E-state index contributed by atoms with van der Waals surface area (Å²) < 4.78 is 0. The smallest absolute Gasteiger partial charge is 0.320 e. The maximum atomic E-state index is 12.1. The van der Waals surface area contributed by atoms with Gasteiger partial charge in [0.1, 0.15) is 0 Å². The second-order valence-electron chi connectivity index (χ2n) is 5.31. The number of hydrogen-bond acceptors (Lipinski definition) is 3.